The number of carbonyl (C=O) groups excluding carboxylic acids is 2. The van der Waals surface area contributed by atoms with E-state index in [0.29, 0.717) is 11.3 Å². The van der Waals surface area contributed by atoms with Crippen LogP contribution in [0.15, 0.2) is 24.3 Å². The standard InChI is InChI=1S/C20H22N2O8S2/c1-28-9-7-6-8(14(24)15(9)29-2)16-13-18(26)22-19(32-31-16)12(17(25)21-13)20(27)10(23)4-3-5-11(20)30-22/h3-4,6-7,10-13,16,19,23-24,27H,5H2,1-2H3,(H,21,25)/t10-,11+,12+,13+,16-,19?,20+/m1/s1. The third kappa shape index (κ3) is 2.86. The van der Waals surface area contributed by atoms with Crippen molar-refractivity contribution in [3.8, 4) is 17.2 Å². The van der Waals surface area contributed by atoms with Gasteiger partial charge in [0.25, 0.3) is 5.91 Å². The smallest absolute Gasteiger partial charge is 0.271 e. The van der Waals surface area contributed by atoms with Gasteiger partial charge in [-0.2, -0.15) is 0 Å². The van der Waals surface area contributed by atoms with Crippen LogP contribution in [-0.2, 0) is 14.4 Å². The third-order valence-electron chi connectivity index (χ3n) is 6.39. The molecule has 5 rings (SSSR count). The van der Waals surface area contributed by atoms with Gasteiger partial charge in [0.1, 0.15) is 35.1 Å². The number of rotatable bonds is 3. The fraction of sp³-hybridized carbons (Fsp3) is 0.500. The summed E-state index contributed by atoms with van der Waals surface area (Å²) in [5, 5.41) is 35.1. The van der Waals surface area contributed by atoms with Crippen molar-refractivity contribution in [2.45, 2.75) is 40.9 Å². The normalized spacial score (nSPS) is 37.9. The molecule has 32 heavy (non-hydrogen) atoms. The van der Waals surface area contributed by atoms with E-state index in [2.05, 4.69) is 5.32 Å². The summed E-state index contributed by atoms with van der Waals surface area (Å²) in [5.74, 6) is -1.90. The second-order valence-corrected chi connectivity index (χ2v) is 10.5. The number of amides is 2. The van der Waals surface area contributed by atoms with Crippen LogP contribution in [0.25, 0.3) is 0 Å². The molecular weight excluding hydrogens is 460 g/mol. The van der Waals surface area contributed by atoms with Gasteiger partial charge in [-0.15, -0.1) is 0 Å². The predicted molar refractivity (Wildman–Crippen MR) is 115 cm³/mol. The number of hydrogen-bond acceptors (Lipinski definition) is 10. The summed E-state index contributed by atoms with van der Waals surface area (Å²) in [6.07, 6.45) is 1.08. The second-order valence-electron chi connectivity index (χ2n) is 7.96. The van der Waals surface area contributed by atoms with Gasteiger partial charge < -0.3 is 30.1 Å². The number of methoxy groups -OCH3 is 2. The van der Waals surface area contributed by atoms with Crippen molar-refractivity contribution in [3.63, 3.8) is 0 Å². The van der Waals surface area contributed by atoms with Gasteiger partial charge in [0.2, 0.25) is 11.7 Å². The molecule has 2 amide bonds. The van der Waals surface area contributed by atoms with E-state index in [1.807, 2.05) is 0 Å². The van der Waals surface area contributed by atoms with E-state index < -0.39 is 52.2 Å². The number of aliphatic hydroxyl groups is 2. The first-order valence-electron chi connectivity index (χ1n) is 9.96. The molecular formula is C20H22N2O8S2. The molecule has 1 aromatic rings. The fourth-order valence-electron chi connectivity index (χ4n) is 4.75. The van der Waals surface area contributed by atoms with Crippen LogP contribution in [0.1, 0.15) is 17.2 Å². The highest BCUT2D eigenvalue weighted by atomic mass is 33.1. The van der Waals surface area contributed by atoms with Crippen LogP contribution >= 0.6 is 21.6 Å². The number of nitrogens with zero attached hydrogens (tertiary/aromatic N) is 1. The Morgan fingerprint density at radius 3 is 2.75 bits per heavy atom. The Morgan fingerprint density at radius 1 is 1.25 bits per heavy atom. The molecule has 3 fully saturated rings. The number of phenolic OH excluding ortho intramolecular Hbond substituents is 1. The maximum Gasteiger partial charge on any atom is 0.271 e. The van der Waals surface area contributed by atoms with Crippen molar-refractivity contribution in [2.24, 2.45) is 5.92 Å². The molecule has 12 heteroatoms. The van der Waals surface area contributed by atoms with Crippen LogP contribution in [0.3, 0.4) is 0 Å². The lowest BCUT2D eigenvalue weighted by Gasteiger charge is -2.52. The van der Waals surface area contributed by atoms with E-state index in [1.165, 1.54) is 41.9 Å². The molecule has 3 saturated heterocycles. The lowest BCUT2D eigenvalue weighted by Crippen LogP contribution is -2.70. The van der Waals surface area contributed by atoms with Crippen molar-refractivity contribution < 1.29 is 39.2 Å². The van der Waals surface area contributed by atoms with E-state index >= 15 is 0 Å². The largest absolute Gasteiger partial charge is 0.504 e. The minimum Gasteiger partial charge on any atom is -0.504 e. The zero-order valence-electron chi connectivity index (χ0n) is 17.1. The van der Waals surface area contributed by atoms with Gasteiger partial charge in [0.05, 0.1) is 19.5 Å². The summed E-state index contributed by atoms with van der Waals surface area (Å²) in [4.78, 5) is 32.7. The van der Waals surface area contributed by atoms with E-state index in [4.69, 9.17) is 14.3 Å². The number of carbonyl (C=O) groups is 2. The average Bonchev–Trinajstić information content (AvgIpc) is 2.94. The minimum atomic E-state index is -1.87. The number of aromatic hydroxyl groups is 1. The number of phenols is 1. The van der Waals surface area contributed by atoms with Gasteiger partial charge >= 0.3 is 0 Å². The molecule has 4 N–H and O–H groups in total. The first-order valence-corrected chi connectivity index (χ1v) is 12.2. The lowest BCUT2D eigenvalue weighted by molar-refractivity contribution is -0.307. The van der Waals surface area contributed by atoms with Crippen LogP contribution in [0.4, 0.5) is 0 Å². The zero-order valence-corrected chi connectivity index (χ0v) is 18.8. The molecule has 1 unspecified atom stereocenters. The molecule has 10 nitrogen and oxygen atoms in total. The maximum absolute atomic E-state index is 13.5. The predicted octanol–water partition coefficient (Wildman–Crippen LogP) is 0.481. The number of hydroxylamine groups is 2. The summed E-state index contributed by atoms with van der Waals surface area (Å²) < 4.78 is 10.5. The molecule has 0 spiro atoms. The van der Waals surface area contributed by atoms with Crippen LogP contribution in [-0.4, -0.2) is 75.6 Å². The average molecular weight is 483 g/mol. The lowest BCUT2D eigenvalue weighted by atomic mass is 9.72. The van der Waals surface area contributed by atoms with Crippen molar-refractivity contribution >= 4 is 33.4 Å². The van der Waals surface area contributed by atoms with Crippen LogP contribution in [0.5, 0.6) is 17.2 Å². The number of nitrogens with one attached hydrogen (secondary N) is 1. The first kappa shape index (κ1) is 21.7. The highest BCUT2D eigenvalue weighted by Crippen LogP contribution is 2.57. The number of fused-ring (bicyclic) bond motifs is 3. The van der Waals surface area contributed by atoms with Crippen molar-refractivity contribution in [1.82, 2.24) is 10.4 Å². The Kier molecular flexibility index (Phi) is 5.25. The number of hydrogen-bond donors (Lipinski definition) is 4. The van der Waals surface area contributed by atoms with E-state index in [9.17, 15) is 24.9 Å². The van der Waals surface area contributed by atoms with Gasteiger partial charge in [-0.05, 0) is 12.5 Å². The Bertz CT molecular complexity index is 1010. The van der Waals surface area contributed by atoms with Gasteiger partial charge in [0.15, 0.2) is 11.5 Å². The number of benzene rings is 1. The Labute approximate surface area is 191 Å². The Morgan fingerprint density at radius 2 is 2.03 bits per heavy atom. The number of aliphatic hydroxyl groups excluding tert-OH is 1. The fourth-order valence-corrected chi connectivity index (χ4v) is 8.17. The number of ether oxygens (including phenoxy) is 2. The molecule has 172 valence electrons. The van der Waals surface area contributed by atoms with E-state index in [1.54, 1.807) is 18.2 Å². The maximum atomic E-state index is 13.5. The molecule has 3 heterocycles. The molecule has 3 aliphatic heterocycles. The molecule has 7 atom stereocenters. The van der Waals surface area contributed by atoms with Crippen LogP contribution < -0.4 is 14.8 Å². The summed E-state index contributed by atoms with van der Waals surface area (Å²) in [5.41, 5.74) is -1.49. The topological polar surface area (TPSA) is 138 Å². The molecule has 4 bridgehead atoms. The quantitative estimate of drug-likeness (QED) is 0.356. The Hall–Kier alpha value is -2.12. The molecule has 0 saturated carbocycles. The summed E-state index contributed by atoms with van der Waals surface area (Å²) in [6.45, 7) is 0. The summed E-state index contributed by atoms with van der Waals surface area (Å²) in [7, 11) is 5.30. The van der Waals surface area contributed by atoms with Gasteiger partial charge in [0, 0.05) is 5.56 Å². The van der Waals surface area contributed by atoms with Crippen LogP contribution in [0, 0.1) is 5.92 Å². The van der Waals surface area contributed by atoms with Gasteiger partial charge in [-0.25, -0.2) is 5.06 Å². The molecule has 4 aliphatic rings. The second kappa shape index (κ2) is 7.73. The van der Waals surface area contributed by atoms with Gasteiger partial charge in [-0.1, -0.05) is 39.8 Å². The van der Waals surface area contributed by atoms with E-state index in [0.717, 1.165) is 5.06 Å². The monoisotopic (exact) mass is 482 g/mol. The molecule has 1 aromatic carbocycles. The molecule has 0 radical (unpaired) electrons. The van der Waals surface area contributed by atoms with Gasteiger partial charge in [-0.3, -0.25) is 14.4 Å². The van der Waals surface area contributed by atoms with Crippen molar-refractivity contribution in [3.05, 3.63) is 29.8 Å². The summed E-state index contributed by atoms with van der Waals surface area (Å²) >= 11 is 0. The van der Waals surface area contributed by atoms with E-state index in [-0.39, 0.29) is 17.9 Å². The van der Waals surface area contributed by atoms with Crippen molar-refractivity contribution in [1.29, 1.82) is 0 Å². The van der Waals surface area contributed by atoms with Crippen molar-refractivity contribution in [2.75, 3.05) is 14.2 Å². The molecule has 0 aromatic heterocycles. The minimum absolute atomic E-state index is 0.121. The molecule has 1 aliphatic carbocycles. The zero-order chi connectivity index (χ0) is 22.8. The first-order chi connectivity index (χ1) is 15.3. The highest BCUT2D eigenvalue weighted by Gasteiger charge is 2.66. The summed E-state index contributed by atoms with van der Waals surface area (Å²) in [6, 6.07) is 2.16. The van der Waals surface area contributed by atoms with Crippen LogP contribution in [0.2, 0.25) is 0 Å². The highest BCUT2D eigenvalue weighted by molar-refractivity contribution is 8.77. The third-order valence-corrected chi connectivity index (χ3v) is 9.45. The Balaban J connectivity index is 1.58. The SMILES string of the molecule is COc1ccc([C@H]2SSC3[C@@H]4C(=O)N[C@@H]2C(=O)N3O[C@H]2CC=C[C@@H](O)[C@]24O)c(O)c1OC.